The molecular weight excluding hydrogens is 1750 g/mol. The maximum absolute atomic E-state index is 4.83. The molecule has 5 fully saturated rings. The molecule has 0 atom stereocenters. The average Bonchev–Trinajstić information content (AvgIpc) is 1.78. The Bertz CT molecular complexity index is 2860. The van der Waals surface area contributed by atoms with Crippen molar-refractivity contribution in [1.29, 1.82) is 0 Å². The summed E-state index contributed by atoms with van der Waals surface area (Å²) in [5.74, 6) is 2.76. The maximum Gasteiger partial charge on any atom is 0.159 e. The lowest BCUT2D eigenvalue weighted by Crippen LogP contribution is -2.11. The lowest BCUT2D eigenvalue weighted by atomic mass is 10.1. The molecule has 6 aromatic heterocycles. The molecule has 10 heterocycles. The molecule has 0 unspecified atom stereocenters. The quantitative estimate of drug-likeness (QED) is 0.130. The minimum Gasteiger partial charge on any atom is -0.365 e. The van der Waals surface area contributed by atoms with Crippen molar-refractivity contribution < 1.29 is 14.2 Å². The Morgan fingerprint density at radius 3 is 0.763 bits per heavy atom. The number of thioether (sulfide) groups is 2. The molecule has 15 nitrogen and oxygen atoms in total. The molecule has 18 rings (SSSR count). The number of rotatable bonds is 0. The third kappa shape index (κ3) is 123. The van der Waals surface area contributed by atoms with Crippen molar-refractivity contribution in [1.82, 2.24) is 61.3 Å². The lowest BCUT2D eigenvalue weighted by Gasteiger charge is -1.92. The van der Waals surface area contributed by atoms with Crippen LogP contribution >= 0.6 is 23.5 Å². The molecule has 4 saturated heterocycles. The molecular formula is C122H226N12O3S2. The predicted octanol–water partition coefficient (Wildman–Crippen LogP) is 40.0. The number of benzene rings is 7. The van der Waals surface area contributed by atoms with Gasteiger partial charge in [0.15, 0.2) is 5.65 Å². The Balaban J connectivity index is -0.0000000695. The molecule has 5 aliphatic rings. The van der Waals surface area contributed by atoms with Gasteiger partial charge in [0, 0.05) is 102 Å². The van der Waals surface area contributed by atoms with E-state index in [1.165, 1.54) is 70.2 Å². The van der Waals surface area contributed by atoms with Crippen LogP contribution in [0.15, 0.2) is 274 Å². The minimum absolute atomic E-state index is 0.500. The minimum atomic E-state index is 0.500. The predicted molar refractivity (Wildman–Crippen MR) is 652 cm³/mol. The molecule has 3 N–H and O–H groups in total. The van der Waals surface area contributed by atoms with Crippen molar-refractivity contribution in [3.8, 4) is 0 Å². The van der Waals surface area contributed by atoms with Gasteiger partial charge in [-0.15, -0.1) is 0 Å². The number of hydrogen-bond donors (Lipinski definition) is 3. The Labute approximate surface area is 873 Å². The van der Waals surface area contributed by atoms with E-state index < -0.39 is 0 Å². The fraction of sp³-hybridized carbons (Fsp3) is 0.533. The van der Waals surface area contributed by atoms with Crippen LogP contribution in [0.2, 0.25) is 0 Å². The molecule has 7 aromatic carbocycles. The first-order valence-electron chi connectivity index (χ1n) is 54.7. The fourth-order valence-corrected chi connectivity index (χ4v) is 10.9. The van der Waals surface area contributed by atoms with E-state index in [-0.39, 0.29) is 0 Å². The largest absolute Gasteiger partial charge is 0.365 e. The van der Waals surface area contributed by atoms with Gasteiger partial charge in [-0.3, -0.25) is 20.3 Å². The van der Waals surface area contributed by atoms with Crippen LogP contribution < -0.4 is 16.0 Å². The van der Waals surface area contributed by atoms with E-state index in [9.17, 15) is 0 Å². The zero-order valence-electron chi connectivity index (χ0n) is 99.6. The van der Waals surface area contributed by atoms with Gasteiger partial charge in [0.25, 0.3) is 0 Å². The van der Waals surface area contributed by atoms with Gasteiger partial charge in [0.2, 0.25) is 0 Å². The van der Waals surface area contributed by atoms with Crippen LogP contribution in [-0.2, 0) is 14.2 Å². The lowest BCUT2D eigenvalue weighted by molar-refractivity contribution is 0.0692. The smallest absolute Gasteiger partial charge is 0.159 e. The third-order valence-corrected chi connectivity index (χ3v) is 15.8. The van der Waals surface area contributed by atoms with Gasteiger partial charge >= 0.3 is 0 Å². The molecule has 4 aliphatic heterocycles. The van der Waals surface area contributed by atoms with E-state index in [2.05, 4.69) is 122 Å². The summed E-state index contributed by atoms with van der Waals surface area (Å²) in [7, 11) is 0. The van der Waals surface area contributed by atoms with Crippen molar-refractivity contribution in [2.24, 2.45) is 0 Å². The highest BCUT2D eigenvalue weighted by Crippen LogP contribution is 2.20. The number of fused-ring (bicyclic) bond motifs is 6. The fourth-order valence-electron chi connectivity index (χ4n) is 8.50. The van der Waals surface area contributed by atoms with Gasteiger partial charge in [-0.05, 0) is 76.1 Å². The van der Waals surface area contributed by atoms with Crippen LogP contribution in [0, 0.1) is 0 Å². The van der Waals surface area contributed by atoms with Gasteiger partial charge in [0.1, 0.15) is 6.79 Å². The van der Waals surface area contributed by atoms with Crippen molar-refractivity contribution in [2.75, 3.05) is 76.2 Å². The number of ether oxygens (including phenoxy) is 3. The van der Waals surface area contributed by atoms with Gasteiger partial charge in [-0.1, -0.05) is 528 Å². The van der Waals surface area contributed by atoms with E-state index in [0.29, 0.717) is 6.79 Å². The van der Waals surface area contributed by atoms with Crippen molar-refractivity contribution in [3.63, 3.8) is 0 Å². The van der Waals surface area contributed by atoms with E-state index in [1.807, 2.05) is 526 Å². The summed E-state index contributed by atoms with van der Waals surface area (Å²) in [4.78, 5) is 20.4. The second-order valence-electron chi connectivity index (χ2n) is 19.9. The molecule has 0 bridgehead atoms. The molecule has 804 valence electrons. The van der Waals surface area contributed by atoms with Crippen LogP contribution in [0.25, 0.3) is 65.3 Å². The SMILES string of the molecule is C1CCCC1.C1CNCN1.C1COCN1.C1COCO1.C1CSCS1.CC.CC.CC.CC.CC.CC.CC.CC.CC.CC.CC.CC.CC.CC.CC.CC.CC.CC.CC.CC.CC.CC.CC.CC.c1ccc2ccccc2c1.c1ccc2cnccc2c1.c1ccc2cnncc2c1.c1ccc2nccnc2c1.c1ccc2nnccc2c1.c1ccccc1.c1cnc2ncccc2c1. The average molecular weight is 1970 g/mol. The summed E-state index contributed by atoms with van der Waals surface area (Å²) in [6.45, 7) is 104. The van der Waals surface area contributed by atoms with Crippen molar-refractivity contribution in [3.05, 3.63) is 274 Å². The first-order valence-corrected chi connectivity index (χ1v) is 57.0. The topological polar surface area (TPSA) is 180 Å². The summed E-state index contributed by atoms with van der Waals surface area (Å²) >= 11 is 4.07. The summed E-state index contributed by atoms with van der Waals surface area (Å²) in [6.07, 6.45) is 23.3. The number of pyridine rings is 3. The van der Waals surface area contributed by atoms with Crippen molar-refractivity contribution >= 4 is 88.8 Å². The van der Waals surface area contributed by atoms with Gasteiger partial charge in [-0.2, -0.15) is 43.9 Å². The summed E-state index contributed by atoms with van der Waals surface area (Å²) in [5.41, 5.74) is 3.66. The first kappa shape index (κ1) is 173. The zero-order chi connectivity index (χ0) is 111. The van der Waals surface area contributed by atoms with Crippen LogP contribution in [0.1, 0.15) is 364 Å². The molecule has 0 spiro atoms. The summed E-state index contributed by atoms with van der Waals surface area (Å²) < 4.78 is 14.3. The van der Waals surface area contributed by atoms with Crippen LogP contribution in [0.3, 0.4) is 0 Å². The maximum atomic E-state index is 4.83. The first-order chi connectivity index (χ1) is 69.3. The molecule has 0 radical (unpaired) electrons. The Hall–Kier alpha value is -8.75. The van der Waals surface area contributed by atoms with Crippen molar-refractivity contribution in [2.45, 2.75) is 364 Å². The second kappa shape index (κ2) is 188. The third-order valence-electron chi connectivity index (χ3n) is 13.2. The highest BCUT2D eigenvalue weighted by molar-refractivity contribution is 8.19. The van der Waals surface area contributed by atoms with E-state index >= 15 is 0 Å². The number of hydrogen-bond acceptors (Lipinski definition) is 17. The number of nitrogens with one attached hydrogen (secondary N) is 3. The molecule has 1 aliphatic carbocycles. The summed E-state index contributed by atoms with van der Waals surface area (Å²) in [5, 5.41) is 35.3. The number of nitrogens with zero attached hydrogens (tertiary/aromatic N) is 9. The van der Waals surface area contributed by atoms with E-state index in [1.54, 1.807) is 43.4 Å². The molecule has 1 saturated carbocycles. The van der Waals surface area contributed by atoms with E-state index in [4.69, 9.17) is 14.2 Å². The zero-order valence-corrected chi connectivity index (χ0v) is 101. The highest BCUT2D eigenvalue weighted by atomic mass is 32.2. The Kier molecular flexibility index (Phi) is 234. The van der Waals surface area contributed by atoms with E-state index in [0.717, 1.165) is 96.6 Å². The summed E-state index contributed by atoms with van der Waals surface area (Å²) in [6, 6.07) is 72.4. The van der Waals surface area contributed by atoms with Crippen LogP contribution in [0.4, 0.5) is 0 Å². The number of para-hydroxylation sites is 2. The molecule has 139 heavy (non-hydrogen) atoms. The normalized spacial score (nSPS) is 10.0. The van der Waals surface area contributed by atoms with Gasteiger partial charge in [-0.25, -0.2) is 9.97 Å². The van der Waals surface area contributed by atoms with Gasteiger partial charge < -0.3 is 24.8 Å². The van der Waals surface area contributed by atoms with Crippen LogP contribution in [-0.4, -0.2) is 122 Å². The van der Waals surface area contributed by atoms with Gasteiger partial charge in [0.05, 0.1) is 61.7 Å². The Morgan fingerprint density at radius 1 is 0.223 bits per heavy atom. The number of aromatic nitrogens is 9. The second-order valence-corrected chi connectivity index (χ2v) is 22.5. The standard InChI is InChI=1S/C10H8.C9H7N.4C8H6N2.C6H6.C5H10.C3H8N2.C3H7NO.C3H6O2.C3H6S2.24C2H6/c1-2-6-10-8-4-3-7-9(10)5-1;1-2-4-9-7-10-6-5-8(9)3-1;1-3-7-4-2-6-10-8(7)9-5-1;1-2-4-8-6-10-9-5-7(8)3-1;1-2-4-8-7(3-1)9-5-6-10-8;1-2-4-8-7(3-1)5-6-9-10-8;1-2-4-6-5-3-1;1-2-4-5-3-1;4*1-2-5-3-4-1;24*1-2/h1-8H;1-7H;4*1-6H;1-6H;1-5H2;4-5H,1-3H2;4H,1-3H2;2*1-3H2;24*1-2H3. The monoisotopic (exact) mass is 1970 g/mol. The molecule has 13 aromatic rings. The highest BCUT2D eigenvalue weighted by Gasteiger charge is 1.98. The Morgan fingerprint density at radius 2 is 0.511 bits per heavy atom. The van der Waals surface area contributed by atoms with Crippen LogP contribution in [0.5, 0.6) is 0 Å². The molecule has 0 amide bonds. The molecule has 17 heteroatoms.